The summed E-state index contributed by atoms with van der Waals surface area (Å²) in [4.78, 5) is -0.165. The Kier molecular flexibility index (Phi) is 2.63. The van der Waals surface area contributed by atoms with Crippen LogP contribution in [-0.4, -0.2) is 28.4 Å². The zero-order chi connectivity index (χ0) is 11.6. The highest BCUT2D eigenvalue weighted by atomic mass is 32.2. The van der Waals surface area contributed by atoms with Crippen LogP contribution in [0, 0.1) is 0 Å². The van der Waals surface area contributed by atoms with E-state index in [-0.39, 0.29) is 4.90 Å². The molecule has 0 aliphatic heterocycles. The van der Waals surface area contributed by atoms with Gasteiger partial charge in [0.05, 0.1) is 17.3 Å². The molecule has 0 saturated carbocycles. The molecule has 6 nitrogen and oxygen atoms in total. The van der Waals surface area contributed by atoms with Crippen molar-refractivity contribution in [3.63, 3.8) is 0 Å². The van der Waals surface area contributed by atoms with Gasteiger partial charge in [0.1, 0.15) is 0 Å². The second-order valence-electron chi connectivity index (χ2n) is 3.04. The van der Waals surface area contributed by atoms with Crippen molar-refractivity contribution in [1.29, 1.82) is 0 Å². The molecule has 0 spiro atoms. The van der Waals surface area contributed by atoms with Crippen LogP contribution in [0.1, 0.15) is 0 Å². The fourth-order valence-corrected chi connectivity index (χ4v) is 1.75. The first kappa shape index (κ1) is 10.7. The van der Waals surface area contributed by atoms with E-state index >= 15 is 0 Å². The van der Waals surface area contributed by atoms with E-state index < -0.39 is 10.1 Å². The maximum Gasteiger partial charge on any atom is 0.294 e. The normalized spacial score (nSPS) is 11.3. The number of aromatic nitrogens is 3. The zero-order valence-corrected chi connectivity index (χ0v) is 8.79. The quantitative estimate of drug-likeness (QED) is 0.776. The Morgan fingerprint density at radius 2 is 1.75 bits per heavy atom. The minimum absolute atomic E-state index is 0.165. The molecule has 0 fully saturated rings. The van der Waals surface area contributed by atoms with Crippen molar-refractivity contribution in [1.82, 2.24) is 15.4 Å². The van der Waals surface area contributed by atoms with E-state index in [1.165, 1.54) is 30.6 Å². The molecule has 82 valence electrons. The van der Waals surface area contributed by atoms with E-state index in [0.29, 0.717) is 11.1 Å². The maximum absolute atomic E-state index is 10.9. The molecule has 16 heavy (non-hydrogen) atoms. The van der Waals surface area contributed by atoms with Crippen LogP contribution in [-0.2, 0) is 10.1 Å². The van der Waals surface area contributed by atoms with Gasteiger partial charge in [-0.1, -0.05) is 12.1 Å². The summed E-state index contributed by atoms with van der Waals surface area (Å²) >= 11 is 0. The van der Waals surface area contributed by atoms with Crippen LogP contribution in [0.5, 0.6) is 0 Å². The van der Waals surface area contributed by atoms with Gasteiger partial charge in [-0.25, -0.2) is 0 Å². The zero-order valence-electron chi connectivity index (χ0n) is 7.98. The molecule has 0 amide bonds. The minimum Gasteiger partial charge on any atom is -0.282 e. The van der Waals surface area contributed by atoms with Crippen LogP contribution in [0.2, 0.25) is 0 Å². The van der Waals surface area contributed by atoms with Crippen LogP contribution in [0.25, 0.3) is 11.1 Å². The third-order valence-electron chi connectivity index (χ3n) is 1.96. The first-order chi connectivity index (χ1) is 7.57. The van der Waals surface area contributed by atoms with Gasteiger partial charge in [-0.2, -0.15) is 8.42 Å². The van der Waals surface area contributed by atoms with Crippen LogP contribution < -0.4 is 0 Å². The van der Waals surface area contributed by atoms with Crippen molar-refractivity contribution in [2.75, 3.05) is 0 Å². The molecular weight excluding hydrogens is 230 g/mol. The molecule has 0 saturated heterocycles. The molecule has 0 aliphatic rings. The number of rotatable bonds is 2. The Hall–Kier alpha value is -1.86. The second-order valence-corrected chi connectivity index (χ2v) is 4.46. The van der Waals surface area contributed by atoms with Crippen molar-refractivity contribution in [2.45, 2.75) is 4.90 Å². The lowest BCUT2D eigenvalue weighted by Gasteiger charge is -2.01. The average molecular weight is 237 g/mol. The first-order valence-corrected chi connectivity index (χ1v) is 5.73. The smallest absolute Gasteiger partial charge is 0.282 e. The molecule has 1 aromatic heterocycles. The highest BCUT2D eigenvalue weighted by molar-refractivity contribution is 7.85. The highest BCUT2D eigenvalue weighted by Crippen LogP contribution is 2.20. The van der Waals surface area contributed by atoms with Crippen LogP contribution in [0.3, 0.4) is 0 Å². The predicted octanol–water partition coefficient (Wildman–Crippen LogP) is 0.785. The topological polar surface area (TPSA) is 93.0 Å². The summed E-state index contributed by atoms with van der Waals surface area (Å²) in [6.45, 7) is 0. The lowest BCUT2D eigenvalue weighted by Crippen LogP contribution is -1.98. The molecular formula is C9H7N3O3S. The van der Waals surface area contributed by atoms with E-state index in [1.807, 2.05) is 0 Å². The predicted molar refractivity (Wildman–Crippen MR) is 55.1 cm³/mol. The third-order valence-corrected chi connectivity index (χ3v) is 2.81. The molecule has 0 unspecified atom stereocenters. The van der Waals surface area contributed by atoms with Gasteiger partial charge in [0.2, 0.25) is 0 Å². The van der Waals surface area contributed by atoms with Crippen molar-refractivity contribution in [3.8, 4) is 11.1 Å². The van der Waals surface area contributed by atoms with Gasteiger partial charge in [0, 0.05) is 5.56 Å². The van der Waals surface area contributed by atoms with Gasteiger partial charge in [-0.05, 0) is 22.9 Å². The van der Waals surface area contributed by atoms with Gasteiger partial charge in [0.25, 0.3) is 10.1 Å². The molecule has 2 aromatic rings. The summed E-state index contributed by atoms with van der Waals surface area (Å²) < 4.78 is 30.7. The number of nitrogens with zero attached hydrogens (tertiary/aromatic N) is 3. The fourth-order valence-electron chi connectivity index (χ4n) is 1.22. The Morgan fingerprint density at radius 3 is 2.38 bits per heavy atom. The molecule has 0 radical (unpaired) electrons. The Labute approximate surface area is 91.7 Å². The molecule has 2 rings (SSSR count). The van der Waals surface area contributed by atoms with Crippen molar-refractivity contribution >= 4 is 10.1 Å². The van der Waals surface area contributed by atoms with Crippen LogP contribution in [0.15, 0.2) is 41.6 Å². The Balaban J connectivity index is 2.53. The third kappa shape index (κ3) is 2.20. The number of hydrogen-bond acceptors (Lipinski definition) is 5. The molecule has 1 N–H and O–H groups in total. The average Bonchev–Trinajstić information content (AvgIpc) is 2.29. The largest absolute Gasteiger partial charge is 0.294 e. The fraction of sp³-hybridized carbons (Fsp3) is 0. The van der Waals surface area contributed by atoms with Crippen molar-refractivity contribution in [3.05, 3.63) is 36.7 Å². The summed E-state index contributed by atoms with van der Waals surface area (Å²) in [5.41, 5.74) is 1.22. The van der Waals surface area contributed by atoms with Crippen LogP contribution in [0.4, 0.5) is 0 Å². The lowest BCUT2D eigenvalue weighted by atomic mass is 10.1. The monoisotopic (exact) mass is 237 g/mol. The van der Waals surface area contributed by atoms with E-state index in [9.17, 15) is 8.42 Å². The lowest BCUT2D eigenvalue weighted by molar-refractivity contribution is 0.483. The summed E-state index contributed by atoms with van der Waals surface area (Å²) in [6, 6.07) is 5.86. The first-order valence-electron chi connectivity index (χ1n) is 4.29. The summed E-state index contributed by atoms with van der Waals surface area (Å²) in [6.07, 6.45) is 2.91. The summed E-state index contributed by atoms with van der Waals surface area (Å²) in [7, 11) is -4.19. The highest BCUT2D eigenvalue weighted by Gasteiger charge is 2.10. The van der Waals surface area contributed by atoms with E-state index in [2.05, 4.69) is 15.4 Å². The van der Waals surface area contributed by atoms with E-state index in [0.717, 1.165) is 0 Å². The summed E-state index contributed by atoms with van der Waals surface area (Å²) in [5, 5.41) is 10.5. The van der Waals surface area contributed by atoms with Crippen molar-refractivity contribution < 1.29 is 13.0 Å². The van der Waals surface area contributed by atoms with Crippen LogP contribution >= 0.6 is 0 Å². The number of benzene rings is 1. The standard InChI is InChI=1S/C9H7N3O3S/c13-16(14,15)9-3-1-2-7(4-9)8-5-10-12-11-6-8/h1-6H,(H,13,14,15). The Morgan fingerprint density at radius 1 is 1.06 bits per heavy atom. The Bertz CT molecular complexity index is 598. The van der Waals surface area contributed by atoms with Gasteiger partial charge in [-0.3, -0.25) is 4.55 Å². The SMILES string of the molecule is O=S(=O)(O)c1cccc(-c2cnnnc2)c1. The van der Waals surface area contributed by atoms with Gasteiger partial charge >= 0.3 is 0 Å². The second kappa shape index (κ2) is 3.95. The molecule has 1 heterocycles. The van der Waals surface area contributed by atoms with E-state index in [4.69, 9.17) is 4.55 Å². The van der Waals surface area contributed by atoms with Gasteiger partial charge < -0.3 is 0 Å². The van der Waals surface area contributed by atoms with Gasteiger partial charge in [-0.15, -0.1) is 10.2 Å². The maximum atomic E-state index is 10.9. The molecule has 0 aliphatic carbocycles. The molecule has 0 atom stereocenters. The molecule has 1 aromatic carbocycles. The summed E-state index contributed by atoms with van der Waals surface area (Å²) in [5.74, 6) is 0. The van der Waals surface area contributed by atoms with Crippen molar-refractivity contribution in [2.24, 2.45) is 0 Å². The molecule has 7 heteroatoms. The number of hydrogen-bond donors (Lipinski definition) is 1. The molecule has 0 bridgehead atoms. The van der Waals surface area contributed by atoms with Gasteiger partial charge in [0.15, 0.2) is 0 Å². The van der Waals surface area contributed by atoms with E-state index in [1.54, 1.807) is 6.07 Å². The minimum atomic E-state index is -4.19.